The maximum absolute atomic E-state index is 13.5. The normalized spacial score (nSPS) is 20.4. The van der Waals surface area contributed by atoms with Crippen LogP contribution in [0.5, 0.6) is 0 Å². The van der Waals surface area contributed by atoms with Crippen LogP contribution in [0.2, 0.25) is 10.0 Å². The van der Waals surface area contributed by atoms with E-state index in [1.807, 2.05) is 0 Å². The molecule has 0 aliphatic heterocycles. The summed E-state index contributed by atoms with van der Waals surface area (Å²) in [6, 6.07) is 6.82. The molecule has 0 radical (unpaired) electrons. The van der Waals surface area contributed by atoms with Gasteiger partial charge in [0.1, 0.15) is 16.4 Å². The van der Waals surface area contributed by atoms with E-state index in [4.69, 9.17) is 46.4 Å². The number of alkyl halides is 5. The zero-order chi connectivity index (χ0) is 24.7. The molecular formula is C21H18Cl4F4N2O2. The number of anilines is 1. The fourth-order valence-electron chi connectivity index (χ4n) is 3.60. The molecule has 3 rings (SSSR count). The molecule has 1 fully saturated rings. The summed E-state index contributed by atoms with van der Waals surface area (Å²) in [5.41, 5.74) is 1.23. The second-order valence-electron chi connectivity index (χ2n) is 7.65. The lowest BCUT2D eigenvalue weighted by atomic mass is 10.0. The molecule has 180 valence electrons. The van der Waals surface area contributed by atoms with Crippen LogP contribution >= 0.6 is 46.4 Å². The van der Waals surface area contributed by atoms with Gasteiger partial charge >= 0.3 is 6.18 Å². The van der Waals surface area contributed by atoms with E-state index in [0.29, 0.717) is 11.1 Å². The lowest BCUT2D eigenvalue weighted by Gasteiger charge is -2.20. The summed E-state index contributed by atoms with van der Waals surface area (Å²) in [4.78, 5) is 12.9. The monoisotopic (exact) mass is 546 g/mol. The van der Waals surface area contributed by atoms with Crippen molar-refractivity contribution in [3.05, 3.63) is 62.9 Å². The van der Waals surface area contributed by atoms with Crippen molar-refractivity contribution in [3.63, 3.8) is 0 Å². The molecule has 2 unspecified atom stereocenters. The average molecular weight is 548 g/mol. The van der Waals surface area contributed by atoms with Gasteiger partial charge in [0, 0.05) is 28.7 Å². The molecule has 2 aromatic carbocycles. The number of aliphatic hydroxyl groups excluding tert-OH is 1. The van der Waals surface area contributed by atoms with Gasteiger partial charge in [0.05, 0.1) is 17.4 Å². The third-order valence-corrected chi connectivity index (χ3v) is 6.94. The van der Waals surface area contributed by atoms with Gasteiger partial charge in [0.15, 0.2) is 0 Å². The third kappa shape index (κ3) is 5.86. The molecule has 33 heavy (non-hydrogen) atoms. The van der Waals surface area contributed by atoms with Crippen LogP contribution < -0.4 is 10.6 Å². The first kappa shape index (κ1) is 26.3. The zero-order valence-electron chi connectivity index (χ0n) is 16.9. The predicted molar refractivity (Wildman–Crippen MR) is 121 cm³/mol. The SMILES string of the molecule is Cc1c(NC(=O)[C@H]2C(c3ccc(F)c(Cl)c3)C2(Cl)Cl)ccc(Cl)c1C(O)NCCC(F)(F)F. The summed E-state index contributed by atoms with van der Waals surface area (Å²) in [5.74, 6) is -2.68. The van der Waals surface area contributed by atoms with Crippen LogP contribution in [0, 0.1) is 18.7 Å². The van der Waals surface area contributed by atoms with Crippen LogP contribution in [0.15, 0.2) is 30.3 Å². The average Bonchev–Trinajstić information content (AvgIpc) is 3.27. The Hall–Kier alpha value is -1.29. The van der Waals surface area contributed by atoms with Crippen molar-refractivity contribution < 1.29 is 27.5 Å². The molecule has 0 aromatic heterocycles. The molecule has 0 saturated heterocycles. The summed E-state index contributed by atoms with van der Waals surface area (Å²) in [5, 5.41) is 15.3. The molecule has 1 saturated carbocycles. The molecule has 0 heterocycles. The fourth-order valence-corrected chi connectivity index (χ4v) is 4.93. The second kappa shape index (κ2) is 9.76. The Balaban J connectivity index is 1.76. The largest absolute Gasteiger partial charge is 0.390 e. The number of rotatable bonds is 7. The van der Waals surface area contributed by atoms with E-state index in [9.17, 15) is 27.5 Å². The molecular weight excluding hydrogens is 530 g/mol. The number of amides is 1. The number of hydrogen-bond donors (Lipinski definition) is 3. The highest BCUT2D eigenvalue weighted by atomic mass is 35.5. The third-order valence-electron chi connectivity index (χ3n) is 5.38. The topological polar surface area (TPSA) is 61.4 Å². The first-order chi connectivity index (χ1) is 15.2. The van der Waals surface area contributed by atoms with Crippen LogP contribution in [0.1, 0.15) is 35.3 Å². The van der Waals surface area contributed by atoms with E-state index in [0.717, 1.165) is 6.07 Å². The first-order valence-corrected chi connectivity index (χ1v) is 11.2. The van der Waals surface area contributed by atoms with Crippen LogP contribution in [-0.4, -0.2) is 28.1 Å². The minimum absolute atomic E-state index is 0.104. The van der Waals surface area contributed by atoms with Gasteiger partial charge in [-0.2, -0.15) is 13.2 Å². The highest BCUT2D eigenvalue weighted by molar-refractivity contribution is 6.53. The van der Waals surface area contributed by atoms with E-state index >= 15 is 0 Å². The molecule has 3 atom stereocenters. The molecule has 2 aromatic rings. The zero-order valence-corrected chi connectivity index (χ0v) is 19.9. The van der Waals surface area contributed by atoms with Gasteiger partial charge in [-0.1, -0.05) is 29.3 Å². The molecule has 0 spiro atoms. The van der Waals surface area contributed by atoms with Crippen LogP contribution in [0.4, 0.5) is 23.2 Å². The lowest BCUT2D eigenvalue weighted by Crippen LogP contribution is -2.27. The second-order valence-corrected chi connectivity index (χ2v) is 9.91. The van der Waals surface area contributed by atoms with Crippen molar-refractivity contribution >= 4 is 58.0 Å². The lowest BCUT2D eigenvalue weighted by molar-refractivity contribution is -0.134. The summed E-state index contributed by atoms with van der Waals surface area (Å²) in [6.45, 7) is 1.02. The highest BCUT2D eigenvalue weighted by Crippen LogP contribution is 2.65. The van der Waals surface area contributed by atoms with E-state index in [1.54, 1.807) is 6.92 Å². The molecule has 1 aliphatic carbocycles. The first-order valence-electron chi connectivity index (χ1n) is 9.65. The van der Waals surface area contributed by atoms with E-state index in [-0.39, 0.29) is 21.3 Å². The number of carbonyl (C=O) groups is 1. The maximum Gasteiger partial charge on any atom is 0.390 e. The Bertz CT molecular complexity index is 1070. The van der Waals surface area contributed by atoms with Gasteiger partial charge in [-0.05, 0) is 42.3 Å². The van der Waals surface area contributed by atoms with E-state index < -0.39 is 53.3 Å². The summed E-state index contributed by atoms with van der Waals surface area (Å²) in [7, 11) is 0. The standard InChI is InChI=1S/C21H18Cl4F4N2O2/c1-9-14(5-3-11(22)15(9)18(32)30-7-6-20(27,28)29)31-19(33)17-16(21(17,24)25)10-2-4-13(26)12(23)8-10/h2-5,8,16-18,30,32H,6-7H2,1H3,(H,31,33)/t16?,17-,18?/m1/s1. The van der Waals surface area contributed by atoms with Gasteiger partial charge in [-0.3, -0.25) is 10.1 Å². The molecule has 1 aliphatic rings. The predicted octanol–water partition coefficient (Wildman–Crippen LogP) is 6.50. The van der Waals surface area contributed by atoms with Gasteiger partial charge in [-0.15, -0.1) is 23.2 Å². The van der Waals surface area contributed by atoms with Crippen LogP contribution in [0.25, 0.3) is 0 Å². The Kier molecular flexibility index (Phi) is 7.78. The highest BCUT2D eigenvalue weighted by Gasteiger charge is 2.67. The number of hydrogen-bond acceptors (Lipinski definition) is 3. The van der Waals surface area contributed by atoms with Crippen molar-refractivity contribution in [2.45, 2.75) is 36.0 Å². The number of benzene rings is 2. The maximum atomic E-state index is 13.5. The number of halogens is 8. The molecule has 3 N–H and O–H groups in total. The van der Waals surface area contributed by atoms with Crippen molar-refractivity contribution in [3.8, 4) is 0 Å². The minimum Gasteiger partial charge on any atom is -0.374 e. The molecule has 12 heteroatoms. The Morgan fingerprint density at radius 1 is 1.18 bits per heavy atom. The molecule has 0 bridgehead atoms. The Morgan fingerprint density at radius 2 is 1.85 bits per heavy atom. The summed E-state index contributed by atoms with van der Waals surface area (Å²) < 4.78 is 49.1. The Morgan fingerprint density at radius 3 is 2.45 bits per heavy atom. The molecule has 1 amide bonds. The fraction of sp³-hybridized carbons (Fsp3) is 0.381. The van der Waals surface area contributed by atoms with Crippen molar-refractivity contribution in [2.75, 3.05) is 11.9 Å². The summed E-state index contributed by atoms with van der Waals surface area (Å²) >= 11 is 24.6. The van der Waals surface area contributed by atoms with E-state index in [2.05, 4.69) is 10.6 Å². The van der Waals surface area contributed by atoms with Crippen molar-refractivity contribution in [1.29, 1.82) is 0 Å². The minimum atomic E-state index is -4.38. The van der Waals surface area contributed by atoms with Crippen molar-refractivity contribution in [1.82, 2.24) is 5.32 Å². The smallest absolute Gasteiger partial charge is 0.374 e. The molecule has 4 nitrogen and oxygen atoms in total. The van der Waals surface area contributed by atoms with E-state index in [1.165, 1.54) is 24.3 Å². The number of carbonyl (C=O) groups excluding carboxylic acids is 1. The van der Waals surface area contributed by atoms with Gasteiger partial charge < -0.3 is 10.4 Å². The summed E-state index contributed by atoms with van der Waals surface area (Å²) in [6.07, 6.45) is -7.01. The number of aliphatic hydroxyl groups is 1. The van der Waals surface area contributed by atoms with Gasteiger partial charge in [-0.25, -0.2) is 4.39 Å². The van der Waals surface area contributed by atoms with Gasteiger partial charge in [0.25, 0.3) is 0 Å². The Labute approximate surface area is 207 Å². The van der Waals surface area contributed by atoms with Crippen LogP contribution in [0.3, 0.4) is 0 Å². The van der Waals surface area contributed by atoms with Gasteiger partial charge in [0.2, 0.25) is 5.91 Å². The number of nitrogens with one attached hydrogen (secondary N) is 2. The quantitative estimate of drug-likeness (QED) is 0.211. The van der Waals surface area contributed by atoms with Crippen molar-refractivity contribution in [2.24, 2.45) is 5.92 Å². The van der Waals surface area contributed by atoms with Crippen LogP contribution in [-0.2, 0) is 4.79 Å².